The minimum Gasteiger partial charge on any atom is -0.494 e. The van der Waals surface area contributed by atoms with Crippen LogP contribution in [0.1, 0.15) is 75.6 Å². The number of amides is 3. The molecule has 1 atom stereocenters. The SMILES string of the molecule is CC(C)C[C@@H](NCCCCCOc1ccc(-c2cc(C(N)=O)c(NC(N)=O)s2)c(Cl)c1)C(=O)OC1CCCC1. The van der Waals surface area contributed by atoms with Crippen LogP contribution in [0.5, 0.6) is 5.75 Å². The third-order valence-corrected chi connectivity index (χ3v) is 7.89. The van der Waals surface area contributed by atoms with E-state index in [0.29, 0.717) is 33.7 Å². The highest BCUT2D eigenvalue weighted by Crippen LogP contribution is 2.39. The Balaban J connectivity index is 1.42. The van der Waals surface area contributed by atoms with Crippen molar-refractivity contribution in [2.45, 2.75) is 77.4 Å². The lowest BCUT2D eigenvalue weighted by Gasteiger charge is -2.21. The summed E-state index contributed by atoms with van der Waals surface area (Å²) in [6.45, 7) is 5.51. The molecule has 3 rings (SSSR count). The number of urea groups is 1. The van der Waals surface area contributed by atoms with Gasteiger partial charge in [0.1, 0.15) is 22.9 Å². The lowest BCUT2D eigenvalue weighted by Crippen LogP contribution is -2.40. The van der Waals surface area contributed by atoms with E-state index in [1.807, 2.05) is 0 Å². The molecule has 0 bridgehead atoms. The number of nitrogens with one attached hydrogen (secondary N) is 2. The number of halogens is 1. The Bertz CT molecular complexity index is 1130. The van der Waals surface area contributed by atoms with Gasteiger partial charge in [-0.15, -0.1) is 11.3 Å². The van der Waals surface area contributed by atoms with Crippen molar-refractivity contribution in [1.82, 2.24) is 5.32 Å². The van der Waals surface area contributed by atoms with Gasteiger partial charge in [0.05, 0.1) is 17.2 Å². The lowest BCUT2D eigenvalue weighted by atomic mass is 10.0. The number of carbonyl (C=O) groups is 3. The first kappa shape index (κ1) is 30.7. The van der Waals surface area contributed by atoms with Crippen LogP contribution in [0.3, 0.4) is 0 Å². The van der Waals surface area contributed by atoms with E-state index >= 15 is 0 Å². The Morgan fingerprint density at radius 2 is 1.85 bits per heavy atom. The van der Waals surface area contributed by atoms with E-state index in [1.54, 1.807) is 24.3 Å². The van der Waals surface area contributed by atoms with E-state index in [0.717, 1.165) is 69.2 Å². The van der Waals surface area contributed by atoms with Gasteiger partial charge in [0.15, 0.2) is 0 Å². The molecule has 1 heterocycles. The van der Waals surface area contributed by atoms with Crippen molar-refractivity contribution >= 4 is 45.8 Å². The number of anilines is 1. The average Bonchev–Trinajstić information content (AvgIpc) is 3.52. The van der Waals surface area contributed by atoms with E-state index < -0.39 is 11.9 Å². The average molecular weight is 579 g/mol. The molecule has 6 N–H and O–H groups in total. The number of primary amides is 2. The smallest absolute Gasteiger partial charge is 0.323 e. The highest BCUT2D eigenvalue weighted by atomic mass is 35.5. The number of rotatable bonds is 15. The van der Waals surface area contributed by atoms with Crippen molar-refractivity contribution in [2.24, 2.45) is 17.4 Å². The maximum Gasteiger partial charge on any atom is 0.323 e. The molecule has 3 amide bonds. The second kappa shape index (κ2) is 15.1. The molecule has 11 heteroatoms. The number of hydrogen-bond acceptors (Lipinski definition) is 7. The third-order valence-electron chi connectivity index (χ3n) is 6.50. The summed E-state index contributed by atoms with van der Waals surface area (Å²) in [7, 11) is 0. The number of unbranched alkanes of at least 4 members (excludes halogenated alkanes) is 2. The summed E-state index contributed by atoms with van der Waals surface area (Å²) >= 11 is 7.65. The Hall–Kier alpha value is -2.82. The fourth-order valence-electron chi connectivity index (χ4n) is 4.55. The second-order valence-corrected chi connectivity index (χ2v) is 11.7. The van der Waals surface area contributed by atoms with Gasteiger partial charge >= 0.3 is 12.0 Å². The Kier molecular flexibility index (Phi) is 11.9. The molecule has 0 saturated heterocycles. The maximum absolute atomic E-state index is 12.6. The first-order chi connectivity index (χ1) is 18.6. The number of ether oxygens (including phenoxy) is 2. The van der Waals surface area contributed by atoms with Gasteiger partial charge in [-0.3, -0.25) is 14.9 Å². The van der Waals surface area contributed by atoms with Crippen molar-refractivity contribution in [3.05, 3.63) is 34.9 Å². The first-order valence-corrected chi connectivity index (χ1v) is 14.7. The molecule has 1 saturated carbocycles. The molecular formula is C28H39ClN4O5S. The minimum absolute atomic E-state index is 0.0860. The van der Waals surface area contributed by atoms with E-state index in [4.69, 9.17) is 32.5 Å². The van der Waals surface area contributed by atoms with Gasteiger partial charge in [0.2, 0.25) is 0 Å². The van der Waals surface area contributed by atoms with Crippen molar-refractivity contribution in [1.29, 1.82) is 0 Å². The number of esters is 1. The van der Waals surface area contributed by atoms with Crippen LogP contribution in [0.25, 0.3) is 10.4 Å². The van der Waals surface area contributed by atoms with Crippen LogP contribution in [-0.4, -0.2) is 43.2 Å². The fraction of sp³-hybridized carbons (Fsp3) is 0.536. The van der Waals surface area contributed by atoms with E-state index in [-0.39, 0.29) is 28.7 Å². The maximum atomic E-state index is 12.6. The molecule has 1 aliphatic carbocycles. The van der Waals surface area contributed by atoms with Gasteiger partial charge in [-0.05, 0) is 88.1 Å². The van der Waals surface area contributed by atoms with Crippen LogP contribution in [0.2, 0.25) is 5.02 Å². The highest BCUT2D eigenvalue weighted by molar-refractivity contribution is 7.20. The molecule has 9 nitrogen and oxygen atoms in total. The molecule has 0 aliphatic heterocycles. The molecule has 1 aromatic carbocycles. The molecule has 1 aromatic heterocycles. The van der Waals surface area contributed by atoms with Gasteiger partial charge in [-0.1, -0.05) is 25.4 Å². The zero-order chi connectivity index (χ0) is 28.4. The van der Waals surface area contributed by atoms with Crippen LogP contribution in [-0.2, 0) is 9.53 Å². The highest BCUT2D eigenvalue weighted by Gasteiger charge is 2.25. The van der Waals surface area contributed by atoms with Gasteiger partial charge in [-0.25, -0.2) is 4.79 Å². The summed E-state index contributed by atoms with van der Waals surface area (Å²) in [5.41, 5.74) is 11.5. The number of thiophene rings is 1. The zero-order valence-electron chi connectivity index (χ0n) is 22.6. The van der Waals surface area contributed by atoms with Crippen LogP contribution in [0.15, 0.2) is 24.3 Å². The number of benzene rings is 1. The molecule has 0 unspecified atom stereocenters. The van der Waals surface area contributed by atoms with E-state index in [9.17, 15) is 14.4 Å². The molecule has 2 aromatic rings. The van der Waals surface area contributed by atoms with Gasteiger partial charge in [0.25, 0.3) is 5.91 Å². The Morgan fingerprint density at radius 1 is 1.10 bits per heavy atom. The van der Waals surface area contributed by atoms with Gasteiger partial charge < -0.3 is 26.3 Å². The molecule has 0 radical (unpaired) electrons. The topological polar surface area (TPSA) is 146 Å². The summed E-state index contributed by atoms with van der Waals surface area (Å²) in [5.74, 6) is 0.250. The van der Waals surface area contributed by atoms with Gasteiger partial charge in [-0.2, -0.15) is 0 Å². The molecule has 1 aliphatic rings. The predicted octanol–water partition coefficient (Wildman–Crippen LogP) is 5.70. The number of carbonyl (C=O) groups excluding carboxylic acids is 3. The van der Waals surface area contributed by atoms with Crippen LogP contribution in [0, 0.1) is 5.92 Å². The summed E-state index contributed by atoms with van der Waals surface area (Å²) in [6, 6.07) is 5.86. The first-order valence-electron chi connectivity index (χ1n) is 13.5. The predicted molar refractivity (Wildman–Crippen MR) is 155 cm³/mol. The third kappa shape index (κ3) is 9.70. The zero-order valence-corrected chi connectivity index (χ0v) is 24.2. The van der Waals surface area contributed by atoms with Crippen LogP contribution < -0.4 is 26.8 Å². The molecule has 39 heavy (non-hydrogen) atoms. The number of hydrogen-bond donors (Lipinski definition) is 4. The molecule has 1 fully saturated rings. The second-order valence-electron chi connectivity index (χ2n) is 10.2. The normalized spacial score (nSPS) is 14.4. The van der Waals surface area contributed by atoms with Crippen molar-refractivity contribution in [3.8, 4) is 16.2 Å². The summed E-state index contributed by atoms with van der Waals surface area (Å²) in [6.07, 6.45) is 7.83. The van der Waals surface area contributed by atoms with Gasteiger partial charge in [0, 0.05) is 10.4 Å². The Labute approximate surface area is 238 Å². The lowest BCUT2D eigenvalue weighted by molar-refractivity contribution is -0.151. The largest absolute Gasteiger partial charge is 0.494 e. The quantitative estimate of drug-likeness (QED) is 0.157. The standard InChI is InChI=1S/C28H39ClN4O5S/c1-17(2)14-23(27(35)38-18-8-4-5-9-18)32-12-6-3-7-13-37-19-10-11-20(22(29)15-19)24-16-21(25(30)34)26(39-24)33-28(31)36/h10-11,15-18,23,32H,3-9,12-14H2,1-2H3,(H2,30,34)(H3,31,33,36)/t23-/m1/s1. The summed E-state index contributed by atoms with van der Waals surface area (Å²) < 4.78 is 11.6. The monoisotopic (exact) mass is 578 g/mol. The van der Waals surface area contributed by atoms with Crippen molar-refractivity contribution < 1.29 is 23.9 Å². The summed E-state index contributed by atoms with van der Waals surface area (Å²) in [5, 5.41) is 6.53. The van der Waals surface area contributed by atoms with Crippen LogP contribution in [0.4, 0.5) is 9.80 Å². The summed E-state index contributed by atoms with van der Waals surface area (Å²) in [4.78, 5) is 36.3. The fourth-order valence-corrected chi connectivity index (χ4v) is 5.99. The minimum atomic E-state index is -0.784. The molecule has 0 spiro atoms. The van der Waals surface area contributed by atoms with E-state index in [1.165, 1.54) is 0 Å². The Morgan fingerprint density at radius 3 is 2.49 bits per heavy atom. The number of nitrogens with two attached hydrogens (primary N) is 2. The van der Waals surface area contributed by atoms with E-state index in [2.05, 4.69) is 24.5 Å². The molecular weight excluding hydrogens is 540 g/mol. The molecule has 214 valence electrons. The van der Waals surface area contributed by atoms with Crippen molar-refractivity contribution in [2.75, 3.05) is 18.5 Å². The van der Waals surface area contributed by atoms with Crippen LogP contribution >= 0.6 is 22.9 Å². The van der Waals surface area contributed by atoms with Crippen molar-refractivity contribution in [3.63, 3.8) is 0 Å².